The normalized spacial score (nSPS) is 11.6. The van der Waals surface area contributed by atoms with Gasteiger partial charge in [0.2, 0.25) is 0 Å². The fraction of sp³-hybridized carbons (Fsp3) is 0. The highest BCUT2D eigenvalue weighted by Crippen LogP contribution is 2.42. The molecule has 10 aromatic carbocycles. The third-order valence-corrected chi connectivity index (χ3v) is 13.4. The van der Waals surface area contributed by atoms with Gasteiger partial charge in [0.25, 0.3) is 0 Å². The van der Waals surface area contributed by atoms with Crippen LogP contribution in [0.5, 0.6) is 0 Å². The van der Waals surface area contributed by atoms with Crippen molar-refractivity contribution < 1.29 is 0 Å². The number of rotatable bonds is 7. The van der Waals surface area contributed by atoms with Gasteiger partial charge in [-0.2, -0.15) is 0 Å². The summed E-state index contributed by atoms with van der Waals surface area (Å²) in [7, 11) is 0. The van der Waals surface area contributed by atoms with Gasteiger partial charge in [-0.25, -0.2) is 0 Å². The minimum absolute atomic E-state index is 1.10. The average Bonchev–Trinajstić information content (AvgIpc) is 3.88. The van der Waals surface area contributed by atoms with Gasteiger partial charge in [0.1, 0.15) is 0 Å². The quantitative estimate of drug-likeness (QED) is 0.156. The van der Waals surface area contributed by atoms with Crippen molar-refractivity contribution in [3.8, 4) is 39.1 Å². The van der Waals surface area contributed by atoms with Crippen molar-refractivity contribution in [2.75, 3.05) is 4.90 Å². The zero-order valence-electron chi connectivity index (χ0n) is 33.2. The molecule has 12 aromatic rings. The van der Waals surface area contributed by atoms with Gasteiger partial charge >= 0.3 is 0 Å². The van der Waals surface area contributed by atoms with E-state index in [1.807, 2.05) is 11.3 Å². The van der Waals surface area contributed by atoms with Crippen LogP contribution in [-0.4, -0.2) is 4.57 Å². The molecule has 2 nitrogen and oxygen atoms in total. The number of hydrogen-bond acceptors (Lipinski definition) is 2. The highest BCUT2D eigenvalue weighted by Gasteiger charge is 2.17. The first kappa shape index (κ1) is 35.2. The summed E-state index contributed by atoms with van der Waals surface area (Å²) in [5.41, 5.74) is 14.1. The smallest absolute Gasteiger partial charge is 0.0541 e. The molecule has 0 amide bonds. The number of nitrogens with zero attached hydrogens (tertiary/aromatic N) is 2. The van der Waals surface area contributed by atoms with E-state index in [0.29, 0.717) is 0 Å². The molecule has 0 saturated carbocycles. The number of aromatic nitrogens is 1. The molecular formula is C58H38N2S. The second-order valence-corrected chi connectivity index (χ2v) is 16.8. The number of para-hydroxylation sites is 2. The minimum atomic E-state index is 1.10. The molecule has 0 spiro atoms. The highest BCUT2D eigenvalue weighted by atomic mass is 32.1. The van der Waals surface area contributed by atoms with E-state index in [0.717, 1.165) is 17.1 Å². The van der Waals surface area contributed by atoms with E-state index >= 15 is 0 Å². The second kappa shape index (κ2) is 14.5. The minimum Gasteiger partial charge on any atom is -0.311 e. The average molecular weight is 795 g/mol. The molecule has 0 N–H and O–H groups in total. The summed E-state index contributed by atoms with van der Waals surface area (Å²) in [4.78, 5) is 2.36. The van der Waals surface area contributed by atoms with Crippen LogP contribution < -0.4 is 4.90 Å². The van der Waals surface area contributed by atoms with Crippen LogP contribution in [0.4, 0.5) is 17.1 Å². The maximum Gasteiger partial charge on any atom is 0.0541 e. The van der Waals surface area contributed by atoms with Gasteiger partial charge in [-0.1, -0.05) is 152 Å². The van der Waals surface area contributed by atoms with Crippen LogP contribution >= 0.6 is 11.3 Å². The van der Waals surface area contributed by atoms with Crippen LogP contribution in [0.2, 0.25) is 0 Å². The molecule has 0 aliphatic carbocycles. The third kappa shape index (κ3) is 6.09. The molecule has 61 heavy (non-hydrogen) atoms. The van der Waals surface area contributed by atoms with Crippen molar-refractivity contribution in [2.24, 2.45) is 0 Å². The maximum absolute atomic E-state index is 2.37. The predicted octanol–water partition coefficient (Wildman–Crippen LogP) is 16.8. The summed E-state index contributed by atoms with van der Waals surface area (Å²) in [6.07, 6.45) is 0. The van der Waals surface area contributed by atoms with Crippen molar-refractivity contribution in [3.63, 3.8) is 0 Å². The molecule has 2 aromatic heterocycles. The van der Waals surface area contributed by atoms with Crippen molar-refractivity contribution >= 4 is 81.1 Å². The molecule has 0 atom stereocenters. The maximum atomic E-state index is 2.37. The lowest BCUT2D eigenvalue weighted by Gasteiger charge is -2.26. The SMILES string of the molecule is c1ccc(-c2ccc(N(c3ccc(-c4ccc5sc6c7ccccc7ccc6c5c4)cc3)c3ccc(-c4ccc5c(c4)c4ccccc4n5-c4ccccc4)cc3)cc2)cc1. The molecule has 0 saturated heterocycles. The van der Waals surface area contributed by atoms with E-state index in [1.165, 1.54) is 91.8 Å². The fourth-order valence-corrected chi connectivity index (χ4v) is 10.4. The Labute approximate surface area is 358 Å². The Morgan fingerprint density at radius 1 is 0.311 bits per heavy atom. The van der Waals surface area contributed by atoms with Crippen molar-refractivity contribution in [3.05, 3.63) is 231 Å². The molecule has 3 heteroatoms. The second-order valence-electron chi connectivity index (χ2n) is 15.7. The van der Waals surface area contributed by atoms with Crippen LogP contribution in [0, 0.1) is 0 Å². The zero-order chi connectivity index (χ0) is 40.3. The summed E-state index contributed by atoms with van der Waals surface area (Å²) >= 11 is 1.89. The Balaban J connectivity index is 0.916. The first-order valence-electron chi connectivity index (χ1n) is 20.8. The first-order valence-corrected chi connectivity index (χ1v) is 21.6. The number of benzene rings is 10. The van der Waals surface area contributed by atoms with Gasteiger partial charge in [0, 0.05) is 53.7 Å². The number of anilines is 3. The lowest BCUT2D eigenvalue weighted by molar-refractivity contribution is 1.18. The van der Waals surface area contributed by atoms with Gasteiger partial charge in [-0.3, -0.25) is 0 Å². The molecule has 0 bridgehead atoms. The summed E-state index contributed by atoms with van der Waals surface area (Å²) < 4.78 is 5.05. The molecule has 2 heterocycles. The van der Waals surface area contributed by atoms with Gasteiger partial charge < -0.3 is 9.47 Å². The van der Waals surface area contributed by atoms with Crippen LogP contribution in [0.15, 0.2) is 231 Å². The van der Waals surface area contributed by atoms with Crippen LogP contribution in [0.3, 0.4) is 0 Å². The zero-order valence-corrected chi connectivity index (χ0v) is 34.1. The molecular weight excluding hydrogens is 757 g/mol. The largest absolute Gasteiger partial charge is 0.311 e. The Bertz CT molecular complexity index is 3550. The Kier molecular flexibility index (Phi) is 8.39. The third-order valence-electron chi connectivity index (χ3n) is 12.2. The fourth-order valence-electron chi connectivity index (χ4n) is 9.18. The van der Waals surface area contributed by atoms with Crippen LogP contribution in [0.25, 0.3) is 91.8 Å². The van der Waals surface area contributed by atoms with Gasteiger partial charge in [0.05, 0.1) is 11.0 Å². The number of hydrogen-bond donors (Lipinski definition) is 0. The molecule has 0 unspecified atom stereocenters. The van der Waals surface area contributed by atoms with E-state index < -0.39 is 0 Å². The molecule has 286 valence electrons. The van der Waals surface area contributed by atoms with Crippen molar-refractivity contribution in [1.82, 2.24) is 4.57 Å². The van der Waals surface area contributed by atoms with E-state index in [-0.39, 0.29) is 0 Å². The van der Waals surface area contributed by atoms with Crippen LogP contribution in [0.1, 0.15) is 0 Å². The molecule has 0 aliphatic heterocycles. The van der Waals surface area contributed by atoms with Crippen molar-refractivity contribution in [2.45, 2.75) is 0 Å². The van der Waals surface area contributed by atoms with Gasteiger partial charge in [-0.15, -0.1) is 11.3 Å². The lowest BCUT2D eigenvalue weighted by Crippen LogP contribution is -2.09. The van der Waals surface area contributed by atoms with Crippen LogP contribution in [-0.2, 0) is 0 Å². The van der Waals surface area contributed by atoms with E-state index in [1.54, 1.807) is 0 Å². The molecule has 12 rings (SSSR count). The van der Waals surface area contributed by atoms with Gasteiger partial charge in [0.15, 0.2) is 0 Å². The summed E-state index contributed by atoms with van der Waals surface area (Å²) in [5.74, 6) is 0. The molecule has 0 radical (unpaired) electrons. The lowest BCUT2D eigenvalue weighted by atomic mass is 10.0. The van der Waals surface area contributed by atoms with Gasteiger partial charge in [-0.05, 0) is 123 Å². The highest BCUT2D eigenvalue weighted by molar-refractivity contribution is 7.26. The predicted molar refractivity (Wildman–Crippen MR) is 262 cm³/mol. The summed E-state index contributed by atoms with van der Waals surface area (Å²) in [5, 5.41) is 7.76. The van der Waals surface area contributed by atoms with Crippen molar-refractivity contribution in [1.29, 1.82) is 0 Å². The van der Waals surface area contributed by atoms with E-state index in [2.05, 4.69) is 240 Å². The first-order chi connectivity index (χ1) is 30.2. The Morgan fingerprint density at radius 3 is 1.48 bits per heavy atom. The Morgan fingerprint density at radius 2 is 0.803 bits per heavy atom. The Hall–Kier alpha value is -7.72. The molecule has 0 aliphatic rings. The van der Waals surface area contributed by atoms with E-state index in [9.17, 15) is 0 Å². The summed E-state index contributed by atoms with van der Waals surface area (Å²) in [6, 6.07) is 84.0. The molecule has 0 fully saturated rings. The number of thiophene rings is 1. The topological polar surface area (TPSA) is 8.17 Å². The standard InChI is InChI=1S/C58H38N2S/c1-3-11-39(12-4-1)40-19-28-47(29-20-40)59(49-32-23-42(24-33-49)45-27-36-57-54(38-45)52-34-25-43-13-7-8-16-50(43)58(52)61-57)48-30-21-41(22-31-48)44-26-35-56-53(37-44)51-17-9-10-18-55(51)60(56)46-14-5-2-6-15-46/h1-38H. The number of fused-ring (bicyclic) bond motifs is 8. The monoisotopic (exact) mass is 794 g/mol. The van der Waals surface area contributed by atoms with E-state index in [4.69, 9.17) is 0 Å². The summed E-state index contributed by atoms with van der Waals surface area (Å²) in [6.45, 7) is 0.